The second-order valence-corrected chi connectivity index (χ2v) is 16.8. The number of ether oxygens (including phenoxy) is 1. The van der Waals surface area contributed by atoms with Gasteiger partial charge < -0.3 is 45.1 Å². The van der Waals surface area contributed by atoms with E-state index in [1.54, 1.807) is 21.6 Å². The second-order valence-electron chi connectivity index (χ2n) is 16.8. The van der Waals surface area contributed by atoms with Gasteiger partial charge in [-0.15, -0.1) is 0 Å². The summed E-state index contributed by atoms with van der Waals surface area (Å²) in [6, 6.07) is 14.0. The van der Waals surface area contributed by atoms with Gasteiger partial charge in [-0.25, -0.2) is 19.6 Å². The Hall–Kier alpha value is -6.19. The topological polar surface area (TPSA) is 206 Å². The van der Waals surface area contributed by atoms with Crippen LogP contribution in [-0.2, 0) is 19.1 Å². The van der Waals surface area contributed by atoms with E-state index >= 15 is 0 Å². The monoisotopic (exact) mass is 807 g/mol. The number of hydrogen-bond donors (Lipinski definition) is 5. The highest BCUT2D eigenvalue weighted by Crippen LogP contribution is 2.48. The smallest absolute Gasteiger partial charge is 0.407 e. The summed E-state index contributed by atoms with van der Waals surface area (Å²) in [7, 11) is 1.27. The maximum absolute atomic E-state index is 14.1. The molecule has 16 nitrogen and oxygen atoms in total. The van der Waals surface area contributed by atoms with Gasteiger partial charge in [0.15, 0.2) is 0 Å². The molecule has 3 aliphatic heterocycles. The van der Waals surface area contributed by atoms with E-state index in [-0.39, 0.29) is 47.1 Å². The molecule has 1 unspecified atom stereocenters. The number of carbonyl (C=O) groups is 5. The van der Waals surface area contributed by atoms with E-state index in [0.717, 1.165) is 46.5 Å². The van der Waals surface area contributed by atoms with Crippen molar-refractivity contribution in [2.45, 2.75) is 78.0 Å². The average molecular weight is 808 g/mol. The molecule has 4 aromatic rings. The van der Waals surface area contributed by atoms with Gasteiger partial charge in [0.1, 0.15) is 23.7 Å². The van der Waals surface area contributed by atoms with Crippen molar-refractivity contribution in [3.8, 4) is 33.6 Å². The van der Waals surface area contributed by atoms with Crippen LogP contribution in [0.4, 0.5) is 9.59 Å². The zero-order chi connectivity index (χ0) is 42.2. The number of imidazole rings is 2. The maximum atomic E-state index is 14.1. The lowest BCUT2D eigenvalue weighted by molar-refractivity contribution is -0.141. The lowest BCUT2D eigenvalue weighted by Gasteiger charge is -2.47. The van der Waals surface area contributed by atoms with Crippen molar-refractivity contribution in [3.05, 3.63) is 72.6 Å². The minimum Gasteiger partial charge on any atom is -0.465 e. The van der Waals surface area contributed by atoms with E-state index < -0.39 is 24.3 Å². The lowest BCUT2D eigenvalue weighted by Crippen LogP contribution is -2.59. The van der Waals surface area contributed by atoms with Gasteiger partial charge in [-0.2, -0.15) is 0 Å². The number of H-pyrrole nitrogens is 2. The van der Waals surface area contributed by atoms with E-state index in [0.29, 0.717) is 44.2 Å². The molecular weight excluding hydrogens is 755 g/mol. The van der Waals surface area contributed by atoms with Gasteiger partial charge in [0.25, 0.3) is 0 Å². The molecule has 5 amide bonds. The van der Waals surface area contributed by atoms with E-state index in [1.165, 1.54) is 7.11 Å². The molecule has 0 radical (unpaired) electrons. The van der Waals surface area contributed by atoms with Crippen molar-refractivity contribution in [1.29, 1.82) is 0 Å². The SMILES string of the molecule is COC(=O)N[C@H](C(=O)N1CC2(CC1c1nc(-c3ccc(-c4ccc(-c5c[nH]c([C@@H]6CCCN6C(=O)[C@@H](NC(=O)O)C(C)C)n5)cc4)cc3)c[nH]1)CN(C(C)=O)C2)C(C)C. The molecule has 3 saturated heterocycles. The molecule has 5 N–H and O–H groups in total. The maximum Gasteiger partial charge on any atom is 0.407 e. The summed E-state index contributed by atoms with van der Waals surface area (Å²) in [4.78, 5) is 84.9. The van der Waals surface area contributed by atoms with Gasteiger partial charge in [0.2, 0.25) is 17.7 Å². The van der Waals surface area contributed by atoms with Crippen LogP contribution in [0.5, 0.6) is 0 Å². The first-order chi connectivity index (χ1) is 28.2. The molecule has 5 heterocycles. The minimum absolute atomic E-state index is 0.00751. The summed E-state index contributed by atoms with van der Waals surface area (Å²) >= 11 is 0. The van der Waals surface area contributed by atoms with Crippen LogP contribution in [0.15, 0.2) is 60.9 Å². The highest BCUT2D eigenvalue weighted by molar-refractivity contribution is 5.87. The Balaban J connectivity index is 1.04. The summed E-state index contributed by atoms with van der Waals surface area (Å²) in [5, 5.41) is 14.4. The van der Waals surface area contributed by atoms with Crippen molar-refractivity contribution in [2.75, 3.05) is 33.3 Å². The number of alkyl carbamates (subject to hydrolysis) is 1. The molecule has 3 fully saturated rings. The van der Waals surface area contributed by atoms with Crippen LogP contribution in [-0.4, -0.2) is 115 Å². The highest BCUT2D eigenvalue weighted by Gasteiger charge is 2.55. The van der Waals surface area contributed by atoms with Crippen molar-refractivity contribution in [2.24, 2.45) is 17.3 Å². The Morgan fingerprint density at radius 3 is 1.73 bits per heavy atom. The summed E-state index contributed by atoms with van der Waals surface area (Å²) in [5.41, 5.74) is 5.08. The molecule has 1 spiro atoms. The number of benzene rings is 2. The molecule has 0 aliphatic carbocycles. The molecular formula is C43H53N9O7. The quantitative estimate of drug-likeness (QED) is 0.128. The summed E-state index contributed by atoms with van der Waals surface area (Å²) in [6.45, 7) is 11.1. The fraction of sp³-hybridized carbons (Fsp3) is 0.465. The lowest BCUT2D eigenvalue weighted by atomic mass is 9.77. The fourth-order valence-corrected chi connectivity index (χ4v) is 8.74. The van der Waals surface area contributed by atoms with Crippen LogP contribution in [0.1, 0.15) is 77.6 Å². The van der Waals surface area contributed by atoms with Crippen LogP contribution in [0.2, 0.25) is 0 Å². The molecule has 2 aromatic heterocycles. The van der Waals surface area contributed by atoms with Gasteiger partial charge >= 0.3 is 12.2 Å². The third kappa shape index (κ3) is 8.39. The summed E-state index contributed by atoms with van der Waals surface area (Å²) in [5.74, 6) is 0.495. The normalized spacial score (nSPS) is 19.5. The van der Waals surface area contributed by atoms with Crippen LogP contribution < -0.4 is 10.6 Å². The Morgan fingerprint density at radius 1 is 0.746 bits per heavy atom. The van der Waals surface area contributed by atoms with Crippen LogP contribution in [0, 0.1) is 17.3 Å². The Kier molecular flexibility index (Phi) is 11.5. The van der Waals surface area contributed by atoms with Gasteiger partial charge in [-0.1, -0.05) is 76.2 Å². The molecule has 2 aromatic carbocycles. The van der Waals surface area contributed by atoms with Gasteiger partial charge in [0.05, 0.1) is 30.6 Å². The third-order valence-electron chi connectivity index (χ3n) is 11.9. The molecule has 312 valence electrons. The Bertz CT molecular complexity index is 2190. The first kappa shape index (κ1) is 41.0. The van der Waals surface area contributed by atoms with Crippen LogP contribution in [0.3, 0.4) is 0 Å². The molecule has 0 bridgehead atoms. The molecule has 4 atom stereocenters. The zero-order valence-electron chi connectivity index (χ0n) is 34.3. The predicted molar refractivity (Wildman–Crippen MR) is 218 cm³/mol. The number of likely N-dealkylation sites (tertiary alicyclic amines) is 3. The number of methoxy groups -OCH3 is 1. The van der Waals surface area contributed by atoms with E-state index in [2.05, 4.69) is 20.6 Å². The number of hydrogen-bond acceptors (Lipinski definition) is 8. The van der Waals surface area contributed by atoms with Gasteiger partial charge in [0, 0.05) is 62.0 Å². The zero-order valence-corrected chi connectivity index (χ0v) is 34.3. The number of nitrogens with zero attached hydrogens (tertiary/aromatic N) is 5. The van der Waals surface area contributed by atoms with Crippen molar-refractivity contribution < 1.29 is 33.8 Å². The van der Waals surface area contributed by atoms with Crippen LogP contribution >= 0.6 is 0 Å². The minimum atomic E-state index is -1.22. The number of rotatable bonds is 11. The molecule has 59 heavy (non-hydrogen) atoms. The number of amides is 5. The van der Waals surface area contributed by atoms with Crippen molar-refractivity contribution >= 4 is 29.9 Å². The van der Waals surface area contributed by atoms with Gasteiger partial charge in [-0.3, -0.25) is 14.4 Å². The molecule has 7 rings (SSSR count). The highest BCUT2D eigenvalue weighted by atomic mass is 16.5. The summed E-state index contributed by atoms with van der Waals surface area (Å²) < 4.78 is 4.81. The molecule has 0 saturated carbocycles. The fourth-order valence-electron chi connectivity index (χ4n) is 8.74. The van der Waals surface area contributed by atoms with E-state index in [4.69, 9.17) is 14.7 Å². The largest absolute Gasteiger partial charge is 0.465 e. The van der Waals surface area contributed by atoms with E-state index in [9.17, 15) is 29.1 Å². The third-order valence-corrected chi connectivity index (χ3v) is 11.9. The summed E-state index contributed by atoms with van der Waals surface area (Å²) in [6.07, 6.45) is 3.97. The standard InChI is InChI=1S/C43H53N9O7/c1-24(2)35(48-41(56)57)39(54)51-17-7-8-33(51)37-44-19-31(46-37)29-13-9-27(10-14-29)28-11-15-30(16-12-28)32-20-45-38(47-32)34-18-43(21-50(22-43)26(5)53)23-52(34)40(55)36(25(3)4)49-42(58)59-6/h9-16,19-20,24-25,33-36,48H,7-8,17-18,21-23H2,1-6H3,(H,44,46)(H,45,47)(H,49,58)(H,56,57)/t33-,34?,35-,36-/m0/s1. The first-order valence-electron chi connectivity index (χ1n) is 20.2. The van der Waals surface area contributed by atoms with Crippen molar-refractivity contribution in [1.82, 2.24) is 45.3 Å². The number of nitrogens with one attached hydrogen (secondary N) is 4. The number of carboxylic acid groups (broad SMARTS) is 1. The number of carbonyl (C=O) groups excluding carboxylic acids is 4. The van der Waals surface area contributed by atoms with E-state index in [1.807, 2.05) is 88.6 Å². The van der Waals surface area contributed by atoms with Gasteiger partial charge in [-0.05, 0) is 42.2 Å². The number of aromatic amines is 2. The molecule has 16 heteroatoms. The molecule has 3 aliphatic rings. The predicted octanol–water partition coefficient (Wildman–Crippen LogP) is 5.59. The number of aromatic nitrogens is 4. The average Bonchev–Trinajstić information content (AvgIpc) is 4.03. The Morgan fingerprint density at radius 2 is 1.24 bits per heavy atom. The van der Waals surface area contributed by atoms with Crippen LogP contribution in [0.25, 0.3) is 33.6 Å². The second kappa shape index (κ2) is 16.6. The Labute approximate surface area is 343 Å². The first-order valence-corrected chi connectivity index (χ1v) is 20.2. The van der Waals surface area contributed by atoms with Crippen molar-refractivity contribution in [3.63, 3.8) is 0 Å².